The molecule has 0 saturated carbocycles. The first-order chi connectivity index (χ1) is 9.82. The lowest BCUT2D eigenvalue weighted by Gasteiger charge is -2.27. The van der Waals surface area contributed by atoms with Crippen molar-refractivity contribution < 1.29 is 14.5 Å². The molecule has 0 aromatic heterocycles. The summed E-state index contributed by atoms with van der Waals surface area (Å²) >= 11 is 5.88. The van der Waals surface area contributed by atoms with E-state index in [9.17, 15) is 14.9 Å². The van der Waals surface area contributed by atoms with Crippen LogP contribution in [0.15, 0.2) is 12.1 Å². The second kappa shape index (κ2) is 5.87. The van der Waals surface area contributed by atoms with Crippen LogP contribution in [0.2, 0.25) is 5.02 Å². The van der Waals surface area contributed by atoms with Gasteiger partial charge in [0, 0.05) is 25.8 Å². The van der Waals surface area contributed by atoms with Gasteiger partial charge >= 0.3 is 0 Å². The molecule has 2 unspecified atom stereocenters. The summed E-state index contributed by atoms with van der Waals surface area (Å²) in [6, 6.07) is 2.20. The fraction of sp³-hybridized carbons (Fsp3) is 0.462. The number of non-ortho nitro benzene ring substituents is 1. The van der Waals surface area contributed by atoms with Gasteiger partial charge in [0.05, 0.1) is 33.3 Å². The number of ether oxygens (including phenoxy) is 1. The van der Waals surface area contributed by atoms with E-state index in [1.165, 1.54) is 4.90 Å². The van der Waals surface area contributed by atoms with E-state index < -0.39 is 10.8 Å². The molecule has 1 amide bonds. The Morgan fingerprint density at radius 3 is 2.76 bits per heavy atom. The van der Waals surface area contributed by atoms with Gasteiger partial charge in [-0.2, -0.15) is 0 Å². The molecule has 1 aromatic rings. The summed E-state index contributed by atoms with van der Waals surface area (Å²) in [6.07, 6.45) is 0.626. The third-order valence-electron chi connectivity index (χ3n) is 3.71. The highest BCUT2D eigenvalue weighted by Gasteiger charge is 2.32. The highest BCUT2D eigenvalue weighted by molar-refractivity contribution is 6.34. The Hall–Kier alpha value is -1.86. The Kier molecular flexibility index (Phi) is 4.34. The number of hydrogen-bond acceptors (Lipinski definition) is 5. The minimum Gasteiger partial charge on any atom is -0.397 e. The number of benzene rings is 1. The highest BCUT2D eigenvalue weighted by atomic mass is 35.5. The second-order valence-corrected chi connectivity index (χ2v) is 5.40. The third-order valence-corrected chi connectivity index (χ3v) is 4.02. The predicted molar refractivity (Wildman–Crippen MR) is 78.4 cm³/mol. The number of nitro groups is 1. The number of rotatable bonds is 3. The zero-order chi connectivity index (χ0) is 15.7. The van der Waals surface area contributed by atoms with Crippen LogP contribution in [0.1, 0.15) is 23.7 Å². The van der Waals surface area contributed by atoms with E-state index in [1.807, 2.05) is 6.92 Å². The summed E-state index contributed by atoms with van der Waals surface area (Å²) in [6.45, 7) is 2.46. The van der Waals surface area contributed by atoms with E-state index in [1.54, 1.807) is 7.05 Å². The van der Waals surface area contributed by atoms with E-state index in [2.05, 4.69) is 0 Å². The summed E-state index contributed by atoms with van der Waals surface area (Å²) in [5, 5.41) is 10.9. The van der Waals surface area contributed by atoms with Crippen LogP contribution in [-0.4, -0.2) is 41.5 Å². The molecule has 1 fully saturated rings. The van der Waals surface area contributed by atoms with Crippen molar-refractivity contribution in [1.82, 2.24) is 4.90 Å². The van der Waals surface area contributed by atoms with Crippen LogP contribution in [0, 0.1) is 10.1 Å². The maximum atomic E-state index is 12.5. The maximum Gasteiger partial charge on any atom is 0.271 e. The SMILES string of the molecule is CC1OCCC1N(C)C(=O)c1cc([N+](=O)[O-])cc(Cl)c1N. The van der Waals surface area contributed by atoms with Gasteiger partial charge < -0.3 is 15.4 Å². The van der Waals surface area contributed by atoms with Crippen molar-refractivity contribution >= 4 is 28.9 Å². The van der Waals surface area contributed by atoms with Crippen LogP contribution in [0.3, 0.4) is 0 Å². The van der Waals surface area contributed by atoms with E-state index >= 15 is 0 Å². The molecule has 8 heteroatoms. The van der Waals surface area contributed by atoms with Crippen LogP contribution in [0.5, 0.6) is 0 Å². The van der Waals surface area contributed by atoms with Gasteiger partial charge in [-0.05, 0) is 13.3 Å². The molecule has 21 heavy (non-hydrogen) atoms. The van der Waals surface area contributed by atoms with Gasteiger partial charge in [-0.1, -0.05) is 11.6 Å². The zero-order valence-corrected chi connectivity index (χ0v) is 12.5. The van der Waals surface area contributed by atoms with Crippen LogP contribution < -0.4 is 5.73 Å². The number of carbonyl (C=O) groups excluding carboxylic acids is 1. The lowest BCUT2D eigenvalue weighted by molar-refractivity contribution is -0.384. The van der Waals surface area contributed by atoms with E-state index in [4.69, 9.17) is 22.1 Å². The Morgan fingerprint density at radius 1 is 1.57 bits per heavy atom. The van der Waals surface area contributed by atoms with Gasteiger partial charge in [0.1, 0.15) is 0 Å². The smallest absolute Gasteiger partial charge is 0.271 e. The normalized spacial score (nSPS) is 21.3. The fourth-order valence-corrected chi connectivity index (χ4v) is 2.67. The molecule has 1 aromatic carbocycles. The van der Waals surface area contributed by atoms with Gasteiger partial charge in [0.2, 0.25) is 0 Å². The summed E-state index contributed by atoms with van der Waals surface area (Å²) in [4.78, 5) is 24.3. The van der Waals surface area contributed by atoms with Crippen molar-refractivity contribution in [2.45, 2.75) is 25.5 Å². The van der Waals surface area contributed by atoms with Crippen molar-refractivity contribution in [3.63, 3.8) is 0 Å². The number of likely N-dealkylation sites (N-methyl/N-ethyl adjacent to an activating group) is 1. The van der Waals surface area contributed by atoms with Gasteiger partial charge in [0.25, 0.3) is 11.6 Å². The molecule has 1 heterocycles. The molecule has 114 valence electrons. The number of nitrogen functional groups attached to an aromatic ring is 1. The molecule has 1 aliphatic heterocycles. The zero-order valence-electron chi connectivity index (χ0n) is 11.7. The molecular formula is C13H16ClN3O4. The van der Waals surface area contributed by atoms with Crippen LogP contribution in [0.4, 0.5) is 11.4 Å². The lowest BCUT2D eigenvalue weighted by atomic mass is 10.1. The number of nitrogens with two attached hydrogens (primary N) is 1. The van der Waals surface area contributed by atoms with E-state index in [-0.39, 0.29) is 34.1 Å². The number of anilines is 1. The minimum absolute atomic E-state index is 0.00308. The summed E-state index contributed by atoms with van der Waals surface area (Å²) in [5.74, 6) is -0.402. The van der Waals surface area contributed by atoms with E-state index in [0.29, 0.717) is 13.0 Å². The number of hydrogen-bond donors (Lipinski definition) is 1. The molecule has 1 saturated heterocycles. The number of nitro benzene ring substituents is 1. The first-order valence-electron chi connectivity index (χ1n) is 6.45. The first-order valence-corrected chi connectivity index (χ1v) is 6.83. The highest BCUT2D eigenvalue weighted by Crippen LogP contribution is 2.30. The molecule has 0 spiro atoms. The molecule has 1 aliphatic rings. The molecule has 2 rings (SSSR count). The van der Waals surface area contributed by atoms with Gasteiger partial charge in [0.15, 0.2) is 0 Å². The summed E-state index contributed by atoms with van der Waals surface area (Å²) < 4.78 is 5.43. The summed E-state index contributed by atoms with van der Waals surface area (Å²) in [7, 11) is 1.63. The lowest BCUT2D eigenvalue weighted by Crippen LogP contribution is -2.41. The standard InChI is InChI=1S/C13H16ClN3O4/c1-7-11(3-4-21-7)16(2)13(18)9-5-8(17(19)20)6-10(14)12(9)15/h5-7,11H,3-4,15H2,1-2H3. The van der Waals surface area contributed by atoms with Crippen molar-refractivity contribution in [3.8, 4) is 0 Å². The van der Waals surface area contributed by atoms with Crippen molar-refractivity contribution in [3.05, 3.63) is 32.8 Å². The molecule has 2 N–H and O–H groups in total. The minimum atomic E-state index is -0.608. The number of halogens is 1. The number of amides is 1. The molecule has 0 radical (unpaired) electrons. The molecular weight excluding hydrogens is 298 g/mol. The summed E-state index contributed by atoms with van der Waals surface area (Å²) in [5.41, 5.74) is 5.61. The monoisotopic (exact) mass is 313 g/mol. The topological polar surface area (TPSA) is 98.7 Å². The maximum absolute atomic E-state index is 12.5. The third kappa shape index (κ3) is 2.93. The average molecular weight is 314 g/mol. The molecule has 7 nitrogen and oxygen atoms in total. The van der Waals surface area contributed by atoms with Gasteiger partial charge in [-0.15, -0.1) is 0 Å². The fourth-order valence-electron chi connectivity index (χ4n) is 2.46. The Labute approximate surface area is 126 Å². The van der Waals surface area contributed by atoms with Crippen molar-refractivity contribution in [2.24, 2.45) is 0 Å². The van der Waals surface area contributed by atoms with Crippen LogP contribution in [-0.2, 0) is 4.74 Å². The number of nitrogens with zero attached hydrogens (tertiary/aromatic N) is 2. The predicted octanol–water partition coefficient (Wildman–Crippen LogP) is 2.08. The van der Waals surface area contributed by atoms with Gasteiger partial charge in [-0.25, -0.2) is 0 Å². The van der Waals surface area contributed by atoms with Crippen molar-refractivity contribution in [1.29, 1.82) is 0 Å². The Bertz CT molecular complexity index is 593. The largest absolute Gasteiger partial charge is 0.397 e. The van der Waals surface area contributed by atoms with Crippen LogP contribution >= 0.6 is 11.6 Å². The Morgan fingerprint density at radius 2 is 2.24 bits per heavy atom. The molecule has 0 aliphatic carbocycles. The Balaban J connectivity index is 2.36. The molecule has 0 bridgehead atoms. The molecule has 2 atom stereocenters. The average Bonchev–Trinajstić information content (AvgIpc) is 2.86. The van der Waals surface area contributed by atoms with Gasteiger partial charge in [-0.3, -0.25) is 14.9 Å². The quantitative estimate of drug-likeness (QED) is 0.523. The number of carbonyl (C=O) groups is 1. The van der Waals surface area contributed by atoms with Crippen molar-refractivity contribution in [2.75, 3.05) is 19.4 Å². The van der Waals surface area contributed by atoms with E-state index in [0.717, 1.165) is 12.1 Å². The van der Waals surface area contributed by atoms with Crippen LogP contribution in [0.25, 0.3) is 0 Å². The first kappa shape index (κ1) is 15.5. The second-order valence-electron chi connectivity index (χ2n) is 4.99.